The standard InChI is InChI=1S/C8H9NO5/c10-6(1-2-7(11)12)9-5-3-4-14-8(5)13/h1-2,5H,3-4H2,(H,9,10)(H,11,12)/b2-1-/t5-/m0/s1. The summed E-state index contributed by atoms with van der Waals surface area (Å²) in [5.74, 6) is -2.31. The van der Waals surface area contributed by atoms with E-state index >= 15 is 0 Å². The molecule has 1 amide bonds. The maximum Gasteiger partial charge on any atom is 0.328 e. The number of hydrogen-bond donors (Lipinski definition) is 2. The van der Waals surface area contributed by atoms with Gasteiger partial charge in [-0.2, -0.15) is 0 Å². The molecule has 76 valence electrons. The van der Waals surface area contributed by atoms with Crippen molar-refractivity contribution in [2.75, 3.05) is 6.61 Å². The number of carboxylic acid groups (broad SMARTS) is 1. The minimum atomic E-state index is -1.21. The van der Waals surface area contributed by atoms with Gasteiger partial charge in [-0.05, 0) is 0 Å². The summed E-state index contributed by atoms with van der Waals surface area (Å²) in [6.07, 6.45) is 1.98. The summed E-state index contributed by atoms with van der Waals surface area (Å²) in [6.45, 7) is 0.284. The molecule has 1 rings (SSSR count). The Bertz CT molecular complexity index is 296. The van der Waals surface area contributed by atoms with Crippen LogP contribution >= 0.6 is 0 Å². The Hall–Kier alpha value is -1.85. The number of carboxylic acids is 1. The van der Waals surface area contributed by atoms with Crippen molar-refractivity contribution in [3.05, 3.63) is 12.2 Å². The second-order valence-corrected chi connectivity index (χ2v) is 2.69. The molecule has 1 saturated heterocycles. The molecule has 1 aliphatic rings. The summed E-state index contributed by atoms with van der Waals surface area (Å²) in [5.41, 5.74) is 0. The number of aliphatic carboxylic acids is 1. The summed E-state index contributed by atoms with van der Waals surface area (Å²) >= 11 is 0. The second-order valence-electron chi connectivity index (χ2n) is 2.69. The highest BCUT2D eigenvalue weighted by Gasteiger charge is 2.27. The van der Waals surface area contributed by atoms with E-state index < -0.39 is 23.9 Å². The van der Waals surface area contributed by atoms with Crippen LogP contribution in [0, 0.1) is 0 Å². The van der Waals surface area contributed by atoms with E-state index in [0.29, 0.717) is 12.5 Å². The molecule has 2 N–H and O–H groups in total. The van der Waals surface area contributed by atoms with Gasteiger partial charge in [0.2, 0.25) is 5.91 Å². The number of ether oxygens (including phenoxy) is 1. The third-order valence-electron chi connectivity index (χ3n) is 1.63. The quantitative estimate of drug-likeness (QED) is 0.452. The Morgan fingerprint density at radius 2 is 2.21 bits per heavy atom. The molecular formula is C8H9NO5. The van der Waals surface area contributed by atoms with Crippen molar-refractivity contribution in [1.29, 1.82) is 0 Å². The van der Waals surface area contributed by atoms with Gasteiger partial charge in [-0.3, -0.25) is 4.79 Å². The maximum absolute atomic E-state index is 11.0. The third kappa shape index (κ3) is 2.89. The van der Waals surface area contributed by atoms with E-state index in [1.807, 2.05) is 0 Å². The molecule has 1 atom stereocenters. The normalized spacial score (nSPS) is 20.9. The van der Waals surface area contributed by atoms with Crippen molar-refractivity contribution in [2.24, 2.45) is 0 Å². The molecule has 0 unspecified atom stereocenters. The molecule has 1 aliphatic heterocycles. The minimum absolute atomic E-state index is 0.284. The van der Waals surface area contributed by atoms with Crippen LogP contribution in [0.25, 0.3) is 0 Å². The largest absolute Gasteiger partial charge is 0.478 e. The second kappa shape index (κ2) is 4.40. The van der Waals surface area contributed by atoms with Gasteiger partial charge in [-0.15, -0.1) is 0 Å². The molecular weight excluding hydrogens is 190 g/mol. The molecule has 1 heterocycles. The Morgan fingerprint density at radius 1 is 1.50 bits per heavy atom. The van der Waals surface area contributed by atoms with Gasteiger partial charge in [0, 0.05) is 18.6 Å². The van der Waals surface area contributed by atoms with Gasteiger partial charge in [-0.25, -0.2) is 9.59 Å². The highest BCUT2D eigenvalue weighted by atomic mass is 16.5. The summed E-state index contributed by atoms with van der Waals surface area (Å²) in [7, 11) is 0. The highest BCUT2D eigenvalue weighted by Crippen LogP contribution is 2.05. The van der Waals surface area contributed by atoms with E-state index in [9.17, 15) is 14.4 Å². The SMILES string of the molecule is O=C(O)/C=C\C(=O)N[C@H]1CCOC1=O. The third-order valence-corrected chi connectivity index (χ3v) is 1.63. The topological polar surface area (TPSA) is 92.7 Å². The van der Waals surface area contributed by atoms with E-state index in [4.69, 9.17) is 5.11 Å². The van der Waals surface area contributed by atoms with Crippen molar-refractivity contribution in [2.45, 2.75) is 12.5 Å². The first-order valence-electron chi connectivity index (χ1n) is 3.98. The predicted molar refractivity (Wildman–Crippen MR) is 44.3 cm³/mol. The summed E-state index contributed by atoms with van der Waals surface area (Å²) in [6, 6.07) is -0.652. The molecule has 0 radical (unpaired) electrons. The number of carbonyl (C=O) groups is 3. The van der Waals surface area contributed by atoms with Crippen molar-refractivity contribution in [3.8, 4) is 0 Å². The van der Waals surface area contributed by atoms with Crippen LogP contribution < -0.4 is 5.32 Å². The lowest BCUT2D eigenvalue weighted by Gasteiger charge is -2.04. The average molecular weight is 199 g/mol. The van der Waals surface area contributed by atoms with Crippen LogP contribution in [-0.2, 0) is 19.1 Å². The predicted octanol–water partition coefficient (Wildman–Crippen LogP) is -0.941. The monoisotopic (exact) mass is 199 g/mol. The van der Waals surface area contributed by atoms with E-state index in [1.165, 1.54) is 0 Å². The van der Waals surface area contributed by atoms with Gasteiger partial charge in [0.05, 0.1) is 6.61 Å². The number of hydrogen-bond acceptors (Lipinski definition) is 4. The summed E-state index contributed by atoms with van der Waals surface area (Å²) in [5, 5.41) is 10.5. The lowest BCUT2D eigenvalue weighted by Crippen LogP contribution is -2.36. The van der Waals surface area contributed by atoms with Gasteiger partial charge in [-0.1, -0.05) is 0 Å². The first-order chi connectivity index (χ1) is 6.59. The van der Waals surface area contributed by atoms with Crippen molar-refractivity contribution >= 4 is 17.8 Å². The van der Waals surface area contributed by atoms with E-state index in [0.717, 1.165) is 6.08 Å². The fourth-order valence-corrected chi connectivity index (χ4v) is 0.994. The number of cyclic esters (lactones) is 1. The van der Waals surface area contributed by atoms with Gasteiger partial charge in [0.25, 0.3) is 0 Å². The lowest BCUT2D eigenvalue weighted by molar-refractivity contribution is -0.140. The highest BCUT2D eigenvalue weighted by molar-refractivity contribution is 5.96. The first-order valence-corrected chi connectivity index (χ1v) is 3.98. The number of carbonyl (C=O) groups excluding carboxylic acids is 2. The van der Waals surface area contributed by atoms with Gasteiger partial charge < -0.3 is 15.2 Å². The molecule has 1 fully saturated rings. The van der Waals surface area contributed by atoms with E-state index in [1.54, 1.807) is 0 Å². The Kier molecular flexibility index (Phi) is 3.22. The molecule has 0 bridgehead atoms. The average Bonchev–Trinajstić information content (AvgIpc) is 2.49. The van der Waals surface area contributed by atoms with E-state index in [2.05, 4.69) is 10.1 Å². The summed E-state index contributed by atoms with van der Waals surface area (Å²) < 4.78 is 4.60. The number of amides is 1. The molecule has 6 nitrogen and oxygen atoms in total. The van der Waals surface area contributed by atoms with Crippen molar-refractivity contribution in [1.82, 2.24) is 5.32 Å². The summed E-state index contributed by atoms with van der Waals surface area (Å²) in [4.78, 5) is 31.9. The molecule has 0 aliphatic carbocycles. The molecule has 0 aromatic carbocycles. The van der Waals surface area contributed by atoms with E-state index in [-0.39, 0.29) is 6.61 Å². The number of rotatable bonds is 3. The van der Waals surface area contributed by atoms with Crippen molar-refractivity contribution < 1.29 is 24.2 Å². The fourth-order valence-electron chi connectivity index (χ4n) is 0.994. The van der Waals surface area contributed by atoms with Crippen LogP contribution in [0.1, 0.15) is 6.42 Å². The zero-order chi connectivity index (χ0) is 10.6. The molecule has 0 aromatic rings. The number of nitrogens with one attached hydrogen (secondary N) is 1. The molecule has 0 aromatic heterocycles. The zero-order valence-corrected chi connectivity index (χ0v) is 7.23. The first kappa shape index (κ1) is 10.2. The van der Waals surface area contributed by atoms with Crippen LogP contribution in [0.3, 0.4) is 0 Å². The van der Waals surface area contributed by atoms with Crippen LogP contribution in [0.2, 0.25) is 0 Å². The Balaban J connectivity index is 2.40. The molecule has 6 heteroatoms. The fraction of sp³-hybridized carbons (Fsp3) is 0.375. The Morgan fingerprint density at radius 3 is 2.71 bits per heavy atom. The molecule has 0 spiro atoms. The Labute approximate surface area is 79.5 Å². The van der Waals surface area contributed by atoms with Gasteiger partial charge in [0.1, 0.15) is 6.04 Å². The maximum atomic E-state index is 11.0. The van der Waals surface area contributed by atoms with Crippen molar-refractivity contribution in [3.63, 3.8) is 0 Å². The molecule has 14 heavy (non-hydrogen) atoms. The van der Waals surface area contributed by atoms with Crippen LogP contribution in [0.4, 0.5) is 0 Å². The van der Waals surface area contributed by atoms with Crippen LogP contribution in [-0.4, -0.2) is 35.6 Å². The van der Waals surface area contributed by atoms with Gasteiger partial charge in [0.15, 0.2) is 0 Å². The smallest absolute Gasteiger partial charge is 0.328 e. The van der Waals surface area contributed by atoms with Crippen LogP contribution in [0.15, 0.2) is 12.2 Å². The lowest BCUT2D eigenvalue weighted by atomic mass is 10.2. The zero-order valence-electron chi connectivity index (χ0n) is 7.23. The molecule has 0 saturated carbocycles. The number of esters is 1. The van der Waals surface area contributed by atoms with Gasteiger partial charge >= 0.3 is 11.9 Å². The minimum Gasteiger partial charge on any atom is -0.478 e. The van der Waals surface area contributed by atoms with Crippen LogP contribution in [0.5, 0.6) is 0 Å².